The van der Waals surface area contributed by atoms with Gasteiger partial charge in [0.05, 0.1) is 10.6 Å². The van der Waals surface area contributed by atoms with Gasteiger partial charge < -0.3 is 0 Å². The molecular weight excluding hydrogens is 306 g/mol. The van der Waals surface area contributed by atoms with Crippen LogP contribution in [0.1, 0.15) is 5.69 Å². The van der Waals surface area contributed by atoms with Crippen molar-refractivity contribution in [2.24, 2.45) is 0 Å². The standard InChI is InChI=1S/C10H4ClF4N3O2/c11-9-7(18(19)20)8(10(13,14)15)16-17(9)6-3-1-5(12)2-4-6/h1-4H. The maximum atomic E-state index is 12.8. The first-order valence-electron chi connectivity index (χ1n) is 4.98. The fourth-order valence-corrected chi connectivity index (χ4v) is 1.79. The minimum absolute atomic E-state index is 0.0324. The van der Waals surface area contributed by atoms with Crippen LogP contribution in [0.25, 0.3) is 5.69 Å². The predicted molar refractivity (Wildman–Crippen MR) is 60.2 cm³/mol. The molecule has 5 nitrogen and oxygen atoms in total. The van der Waals surface area contributed by atoms with Crippen LogP contribution in [0.5, 0.6) is 0 Å². The summed E-state index contributed by atoms with van der Waals surface area (Å²) in [6, 6.07) is 4.12. The van der Waals surface area contributed by atoms with Crippen molar-refractivity contribution in [3.05, 3.63) is 51.0 Å². The summed E-state index contributed by atoms with van der Waals surface area (Å²) in [5.74, 6) is -0.623. The highest BCUT2D eigenvalue weighted by molar-refractivity contribution is 6.32. The molecule has 0 aliphatic heterocycles. The van der Waals surface area contributed by atoms with E-state index in [1.807, 2.05) is 0 Å². The highest BCUT2D eigenvalue weighted by Gasteiger charge is 2.45. The molecule has 1 aromatic carbocycles. The van der Waals surface area contributed by atoms with Crippen molar-refractivity contribution in [3.8, 4) is 5.69 Å². The molecule has 0 saturated heterocycles. The Hall–Kier alpha value is -2.16. The molecular formula is C10H4ClF4N3O2. The first-order chi connectivity index (χ1) is 9.21. The highest BCUT2D eigenvalue weighted by Crippen LogP contribution is 2.40. The Morgan fingerprint density at radius 3 is 2.20 bits per heavy atom. The van der Waals surface area contributed by atoms with E-state index in [0.29, 0.717) is 4.68 Å². The second-order valence-electron chi connectivity index (χ2n) is 3.63. The second kappa shape index (κ2) is 4.75. The molecule has 0 atom stereocenters. The van der Waals surface area contributed by atoms with Gasteiger partial charge in [-0.25, -0.2) is 9.07 Å². The van der Waals surface area contributed by atoms with Gasteiger partial charge in [0.25, 0.3) is 0 Å². The van der Waals surface area contributed by atoms with Crippen LogP contribution in [0.15, 0.2) is 24.3 Å². The van der Waals surface area contributed by atoms with E-state index in [4.69, 9.17) is 11.6 Å². The maximum absolute atomic E-state index is 12.8. The Morgan fingerprint density at radius 1 is 1.25 bits per heavy atom. The van der Waals surface area contributed by atoms with Gasteiger partial charge >= 0.3 is 11.9 Å². The smallest absolute Gasteiger partial charge is 0.258 e. The lowest BCUT2D eigenvalue weighted by Gasteiger charge is -2.02. The lowest BCUT2D eigenvalue weighted by Crippen LogP contribution is -2.09. The van der Waals surface area contributed by atoms with Crippen molar-refractivity contribution in [1.82, 2.24) is 9.78 Å². The SMILES string of the molecule is O=[N+]([O-])c1c(C(F)(F)F)nn(-c2ccc(F)cc2)c1Cl. The van der Waals surface area contributed by atoms with Gasteiger partial charge in [0.15, 0.2) is 0 Å². The number of alkyl halides is 3. The quantitative estimate of drug-likeness (QED) is 0.484. The van der Waals surface area contributed by atoms with Gasteiger partial charge in [-0.1, -0.05) is 11.6 Å². The molecule has 20 heavy (non-hydrogen) atoms. The van der Waals surface area contributed by atoms with E-state index in [1.165, 1.54) is 0 Å². The van der Waals surface area contributed by atoms with E-state index in [1.54, 1.807) is 0 Å². The summed E-state index contributed by atoms with van der Waals surface area (Å²) in [6.07, 6.45) is -5.03. The van der Waals surface area contributed by atoms with Crippen LogP contribution < -0.4 is 0 Å². The van der Waals surface area contributed by atoms with Crippen LogP contribution in [0, 0.1) is 15.9 Å². The zero-order chi connectivity index (χ0) is 15.1. The van der Waals surface area contributed by atoms with E-state index in [-0.39, 0.29) is 5.69 Å². The van der Waals surface area contributed by atoms with Crippen molar-refractivity contribution in [3.63, 3.8) is 0 Å². The number of rotatable bonds is 2. The van der Waals surface area contributed by atoms with Crippen molar-refractivity contribution >= 4 is 17.3 Å². The number of benzene rings is 1. The molecule has 0 fully saturated rings. The topological polar surface area (TPSA) is 61.0 Å². The van der Waals surface area contributed by atoms with Gasteiger partial charge in [-0.15, -0.1) is 0 Å². The van der Waals surface area contributed by atoms with Crippen LogP contribution in [-0.4, -0.2) is 14.7 Å². The molecule has 0 bridgehead atoms. The summed E-state index contributed by atoms with van der Waals surface area (Å²) < 4.78 is 51.3. The fourth-order valence-electron chi connectivity index (χ4n) is 1.50. The fraction of sp³-hybridized carbons (Fsp3) is 0.100. The first-order valence-corrected chi connectivity index (χ1v) is 5.35. The third-order valence-corrected chi connectivity index (χ3v) is 2.67. The summed E-state index contributed by atoms with van der Waals surface area (Å²) in [7, 11) is 0. The molecule has 0 amide bonds. The predicted octanol–water partition coefficient (Wildman–Crippen LogP) is 3.59. The van der Waals surface area contributed by atoms with Crippen molar-refractivity contribution in [1.29, 1.82) is 0 Å². The minimum Gasteiger partial charge on any atom is -0.258 e. The molecule has 1 heterocycles. The molecule has 1 aromatic heterocycles. The molecule has 0 saturated carbocycles. The van der Waals surface area contributed by atoms with Crippen LogP contribution in [-0.2, 0) is 6.18 Å². The molecule has 0 aliphatic carbocycles. The second-order valence-corrected chi connectivity index (χ2v) is 3.99. The summed E-state index contributed by atoms with van der Waals surface area (Å²) in [5.41, 5.74) is -3.09. The Labute approximate surface area is 113 Å². The molecule has 0 radical (unpaired) electrons. The molecule has 2 aromatic rings. The molecule has 106 valence electrons. The van der Waals surface area contributed by atoms with Gasteiger partial charge in [-0.2, -0.15) is 18.3 Å². The molecule has 2 rings (SSSR count). The van der Waals surface area contributed by atoms with Gasteiger partial charge in [-0.3, -0.25) is 10.1 Å². The van der Waals surface area contributed by atoms with Crippen molar-refractivity contribution in [2.45, 2.75) is 6.18 Å². The molecule has 0 spiro atoms. The van der Waals surface area contributed by atoms with E-state index >= 15 is 0 Å². The monoisotopic (exact) mass is 309 g/mol. The lowest BCUT2D eigenvalue weighted by molar-refractivity contribution is -0.388. The first kappa shape index (κ1) is 14.3. The van der Waals surface area contributed by atoms with E-state index in [0.717, 1.165) is 24.3 Å². The Kier molecular flexibility index (Phi) is 3.38. The summed E-state index contributed by atoms with van der Waals surface area (Å²) >= 11 is 5.57. The Morgan fingerprint density at radius 2 is 1.80 bits per heavy atom. The van der Waals surface area contributed by atoms with Crippen LogP contribution >= 0.6 is 11.6 Å². The van der Waals surface area contributed by atoms with Gasteiger partial charge in [0, 0.05) is 0 Å². The largest absolute Gasteiger partial charge is 0.442 e. The van der Waals surface area contributed by atoms with E-state index in [2.05, 4.69) is 5.10 Å². The molecule has 0 N–H and O–H groups in total. The van der Waals surface area contributed by atoms with Crippen LogP contribution in [0.2, 0.25) is 5.15 Å². The zero-order valence-electron chi connectivity index (χ0n) is 9.36. The maximum Gasteiger partial charge on any atom is 0.442 e. The molecule has 0 aliphatic rings. The van der Waals surface area contributed by atoms with Crippen molar-refractivity contribution < 1.29 is 22.5 Å². The Bertz CT molecular complexity index is 666. The van der Waals surface area contributed by atoms with Crippen molar-refractivity contribution in [2.75, 3.05) is 0 Å². The number of aromatic nitrogens is 2. The highest BCUT2D eigenvalue weighted by atomic mass is 35.5. The number of nitrogens with zero attached hydrogens (tertiary/aromatic N) is 3. The van der Waals surface area contributed by atoms with Gasteiger partial charge in [0.2, 0.25) is 10.8 Å². The van der Waals surface area contributed by atoms with Crippen LogP contribution in [0.3, 0.4) is 0 Å². The Balaban J connectivity index is 2.67. The number of hydrogen-bond donors (Lipinski definition) is 0. The average Bonchev–Trinajstić information content (AvgIpc) is 2.68. The summed E-state index contributed by atoms with van der Waals surface area (Å²) in [4.78, 5) is 9.43. The molecule has 10 heteroatoms. The number of halogens is 5. The normalized spacial score (nSPS) is 11.7. The third-order valence-electron chi connectivity index (χ3n) is 2.33. The number of hydrogen-bond acceptors (Lipinski definition) is 3. The van der Waals surface area contributed by atoms with Gasteiger partial charge in [-0.05, 0) is 24.3 Å². The van der Waals surface area contributed by atoms with Crippen LogP contribution in [0.4, 0.5) is 23.2 Å². The van der Waals surface area contributed by atoms with E-state index < -0.39 is 33.5 Å². The number of nitro groups is 1. The minimum atomic E-state index is -5.03. The summed E-state index contributed by atoms with van der Waals surface area (Å²) in [5, 5.41) is 13.0. The summed E-state index contributed by atoms with van der Waals surface area (Å²) in [6.45, 7) is 0. The lowest BCUT2D eigenvalue weighted by atomic mass is 10.3. The third kappa shape index (κ3) is 2.44. The van der Waals surface area contributed by atoms with E-state index in [9.17, 15) is 27.7 Å². The molecule has 0 unspecified atom stereocenters. The van der Waals surface area contributed by atoms with Gasteiger partial charge in [0.1, 0.15) is 5.82 Å². The zero-order valence-corrected chi connectivity index (χ0v) is 10.1. The average molecular weight is 310 g/mol.